The van der Waals surface area contributed by atoms with Crippen molar-refractivity contribution in [1.29, 1.82) is 0 Å². The first kappa shape index (κ1) is 21.7. The first-order chi connectivity index (χ1) is 16.9. The molecule has 2 amide bonds. The number of fused-ring (bicyclic) bond motifs is 2. The molecule has 2 aliphatic rings. The van der Waals surface area contributed by atoms with Gasteiger partial charge in [0.1, 0.15) is 5.69 Å². The monoisotopic (exact) mass is 481 g/mol. The van der Waals surface area contributed by atoms with E-state index in [-0.39, 0.29) is 25.0 Å². The van der Waals surface area contributed by atoms with Crippen LogP contribution < -0.4 is 5.32 Å². The summed E-state index contributed by atoms with van der Waals surface area (Å²) in [6.45, 7) is -0.328. The highest BCUT2D eigenvalue weighted by atomic mass is 19.4. The van der Waals surface area contributed by atoms with Crippen molar-refractivity contribution in [1.82, 2.24) is 30.2 Å². The van der Waals surface area contributed by atoms with Gasteiger partial charge in [0.25, 0.3) is 0 Å². The molecule has 2 aliphatic heterocycles. The van der Waals surface area contributed by atoms with Crippen molar-refractivity contribution in [2.24, 2.45) is 0 Å². The van der Waals surface area contributed by atoms with E-state index in [9.17, 15) is 18.0 Å². The third-order valence-electron chi connectivity index (χ3n) is 6.78. The van der Waals surface area contributed by atoms with Gasteiger partial charge in [0.05, 0.1) is 23.8 Å². The summed E-state index contributed by atoms with van der Waals surface area (Å²) in [6, 6.07) is 14.4. The maximum absolute atomic E-state index is 13.2. The number of nitrogens with one attached hydrogen (secondary N) is 3. The molecule has 0 spiro atoms. The van der Waals surface area contributed by atoms with Crippen molar-refractivity contribution in [3.05, 3.63) is 65.9 Å². The van der Waals surface area contributed by atoms with E-state index in [2.05, 4.69) is 25.7 Å². The van der Waals surface area contributed by atoms with Gasteiger partial charge in [0.2, 0.25) is 0 Å². The summed E-state index contributed by atoms with van der Waals surface area (Å²) < 4.78 is 39.6. The fourth-order valence-corrected chi connectivity index (χ4v) is 5.25. The quantitative estimate of drug-likeness (QED) is 0.405. The number of aromatic amines is 2. The molecule has 180 valence electrons. The van der Waals surface area contributed by atoms with Crippen LogP contribution >= 0.6 is 0 Å². The number of likely N-dealkylation sites (tertiary alicyclic amines) is 1. The van der Waals surface area contributed by atoms with Gasteiger partial charge in [0, 0.05) is 42.8 Å². The minimum atomic E-state index is -4.30. The fourth-order valence-electron chi connectivity index (χ4n) is 5.25. The van der Waals surface area contributed by atoms with Crippen LogP contribution in [0.1, 0.15) is 17.0 Å². The summed E-state index contributed by atoms with van der Waals surface area (Å²) in [5, 5.41) is 18.1. The molecule has 35 heavy (non-hydrogen) atoms. The number of carbonyl (C=O) groups is 1. The van der Waals surface area contributed by atoms with Gasteiger partial charge in [-0.25, -0.2) is 4.79 Å². The number of amides is 2. The summed E-state index contributed by atoms with van der Waals surface area (Å²) in [5.41, 5.74) is 4.70. The maximum atomic E-state index is 13.2. The van der Waals surface area contributed by atoms with E-state index in [1.165, 1.54) is 4.90 Å². The molecular weight excluding hydrogens is 459 g/mol. The third kappa shape index (κ3) is 4.01. The van der Waals surface area contributed by atoms with E-state index in [0.29, 0.717) is 17.9 Å². The molecule has 0 unspecified atom stereocenters. The number of urea groups is 1. The highest BCUT2D eigenvalue weighted by molar-refractivity contribution is 5.99. The second-order valence-corrected chi connectivity index (χ2v) is 9.05. The maximum Gasteiger partial charge on any atom is 0.401 e. The lowest BCUT2D eigenvalue weighted by molar-refractivity contribution is -0.143. The van der Waals surface area contributed by atoms with E-state index in [0.717, 1.165) is 27.7 Å². The smallest absolute Gasteiger partial charge is 0.315 e. The molecule has 2 aromatic carbocycles. The van der Waals surface area contributed by atoms with Gasteiger partial charge < -0.3 is 10.2 Å². The SMILES string of the molecule is O=C1Nc2cc3[nH]nc(-c4ccn[nH]4)c3cc2CN1[C@@H]1CN(CC(F)(F)F)C[C@H]1c1ccccc1. The van der Waals surface area contributed by atoms with Gasteiger partial charge in [-0.15, -0.1) is 0 Å². The third-order valence-corrected chi connectivity index (χ3v) is 6.78. The number of benzene rings is 2. The van der Waals surface area contributed by atoms with Crippen molar-refractivity contribution in [3.8, 4) is 11.4 Å². The minimum absolute atomic E-state index is 0.148. The Hall–Kier alpha value is -3.86. The van der Waals surface area contributed by atoms with Crippen LogP contribution in [-0.4, -0.2) is 68.1 Å². The van der Waals surface area contributed by atoms with Gasteiger partial charge in [0.15, 0.2) is 0 Å². The van der Waals surface area contributed by atoms with Crippen molar-refractivity contribution >= 4 is 22.6 Å². The molecule has 6 rings (SSSR count). The molecule has 8 nitrogen and oxygen atoms in total. The highest BCUT2D eigenvalue weighted by Crippen LogP contribution is 2.38. The number of H-pyrrole nitrogens is 2. The Labute approximate surface area is 198 Å². The number of rotatable bonds is 4. The van der Waals surface area contributed by atoms with Gasteiger partial charge >= 0.3 is 12.2 Å². The predicted molar refractivity (Wildman–Crippen MR) is 124 cm³/mol. The average Bonchev–Trinajstić information content (AvgIpc) is 3.56. The average molecular weight is 481 g/mol. The van der Waals surface area contributed by atoms with Gasteiger partial charge in [-0.3, -0.25) is 15.1 Å². The van der Waals surface area contributed by atoms with E-state index in [1.807, 2.05) is 48.5 Å². The molecule has 0 saturated carbocycles. The summed E-state index contributed by atoms with van der Waals surface area (Å²) >= 11 is 0. The molecule has 4 aromatic rings. The molecule has 3 N–H and O–H groups in total. The number of carbonyl (C=O) groups excluding carboxylic acids is 1. The van der Waals surface area contributed by atoms with Crippen molar-refractivity contribution in [3.63, 3.8) is 0 Å². The summed E-state index contributed by atoms with van der Waals surface area (Å²) in [6.07, 6.45) is -2.66. The van der Waals surface area contributed by atoms with E-state index in [1.54, 1.807) is 11.1 Å². The number of hydrogen-bond acceptors (Lipinski definition) is 4. The number of anilines is 1. The standard InChI is InChI=1S/C24H22F3N7O/c25-24(26,27)13-33-11-17(14-4-2-1-3-5-14)21(12-33)34-10-15-8-16-20(9-19(15)29-23(34)35)31-32-22(16)18-6-7-28-30-18/h1-9,17,21H,10-13H2,(H,28,30)(H,29,35)(H,31,32)/t17-,21+/m0/s1. The zero-order valence-corrected chi connectivity index (χ0v) is 18.5. The van der Waals surface area contributed by atoms with Crippen LogP contribution in [0.25, 0.3) is 22.3 Å². The lowest BCUT2D eigenvalue weighted by atomic mass is 9.92. The van der Waals surface area contributed by atoms with Crippen LogP contribution in [0.15, 0.2) is 54.7 Å². The first-order valence-corrected chi connectivity index (χ1v) is 11.3. The molecule has 2 aromatic heterocycles. The van der Waals surface area contributed by atoms with Gasteiger partial charge in [-0.2, -0.15) is 23.4 Å². The largest absolute Gasteiger partial charge is 0.401 e. The Kier molecular flexibility index (Phi) is 5.03. The van der Waals surface area contributed by atoms with Crippen LogP contribution in [0.4, 0.5) is 23.7 Å². The molecular formula is C24H22F3N7O. The molecule has 0 radical (unpaired) electrons. The number of hydrogen-bond donors (Lipinski definition) is 3. The van der Waals surface area contributed by atoms with Crippen molar-refractivity contribution in [2.45, 2.75) is 24.7 Å². The molecule has 4 heterocycles. The Morgan fingerprint density at radius 2 is 1.89 bits per heavy atom. The van der Waals surface area contributed by atoms with Crippen LogP contribution in [0.2, 0.25) is 0 Å². The summed E-state index contributed by atoms with van der Waals surface area (Å²) in [5.74, 6) is -0.232. The topological polar surface area (TPSA) is 92.9 Å². The molecule has 1 fully saturated rings. The fraction of sp³-hybridized carbons (Fsp3) is 0.292. The highest BCUT2D eigenvalue weighted by Gasteiger charge is 2.44. The number of nitrogens with zero attached hydrogens (tertiary/aromatic N) is 4. The van der Waals surface area contributed by atoms with Crippen molar-refractivity contribution < 1.29 is 18.0 Å². The summed E-state index contributed by atoms with van der Waals surface area (Å²) in [4.78, 5) is 16.2. The van der Waals surface area contributed by atoms with Crippen LogP contribution in [0.3, 0.4) is 0 Å². The minimum Gasteiger partial charge on any atom is -0.315 e. The predicted octanol–water partition coefficient (Wildman–Crippen LogP) is 4.33. The number of alkyl halides is 3. The Bertz CT molecular complexity index is 1370. The molecule has 0 aliphatic carbocycles. The van der Waals surface area contributed by atoms with Crippen LogP contribution in [0.5, 0.6) is 0 Å². The molecule has 1 saturated heterocycles. The Balaban J connectivity index is 1.35. The molecule has 0 bridgehead atoms. The van der Waals surface area contributed by atoms with Crippen LogP contribution in [-0.2, 0) is 6.54 Å². The van der Waals surface area contributed by atoms with Crippen LogP contribution in [0, 0.1) is 0 Å². The summed E-state index contributed by atoms with van der Waals surface area (Å²) in [7, 11) is 0. The number of halogens is 3. The second kappa shape index (κ2) is 8.12. The van der Waals surface area contributed by atoms with E-state index in [4.69, 9.17) is 0 Å². The second-order valence-electron chi connectivity index (χ2n) is 9.05. The lowest BCUT2D eigenvalue weighted by Crippen LogP contribution is -2.48. The normalized spacial score (nSPS) is 20.9. The zero-order chi connectivity index (χ0) is 24.2. The van der Waals surface area contributed by atoms with Gasteiger partial charge in [-0.1, -0.05) is 30.3 Å². The molecule has 11 heteroatoms. The van der Waals surface area contributed by atoms with E-state index < -0.39 is 18.8 Å². The Morgan fingerprint density at radius 1 is 1.06 bits per heavy atom. The van der Waals surface area contributed by atoms with Crippen molar-refractivity contribution in [2.75, 3.05) is 25.0 Å². The first-order valence-electron chi connectivity index (χ1n) is 11.3. The van der Waals surface area contributed by atoms with E-state index >= 15 is 0 Å². The zero-order valence-electron chi connectivity index (χ0n) is 18.5. The Morgan fingerprint density at radius 3 is 2.63 bits per heavy atom. The van der Waals surface area contributed by atoms with Gasteiger partial charge in [-0.05, 0) is 29.3 Å². The molecule has 2 atom stereocenters. The number of aromatic nitrogens is 4. The lowest BCUT2D eigenvalue weighted by Gasteiger charge is -2.36.